The molecule has 0 bridgehead atoms. The Morgan fingerprint density at radius 2 is 2.23 bits per heavy atom. The number of hydrogen-bond donors (Lipinski definition) is 0. The Labute approximate surface area is 132 Å². The first-order valence-corrected chi connectivity index (χ1v) is 7.75. The van der Waals surface area contributed by atoms with Gasteiger partial charge in [0.15, 0.2) is 5.78 Å². The van der Waals surface area contributed by atoms with Crippen LogP contribution in [-0.2, 0) is 0 Å². The number of benzene rings is 1. The quantitative estimate of drug-likeness (QED) is 0.547. The maximum absolute atomic E-state index is 11.7. The molecular formula is C18H23NO3. The minimum Gasteiger partial charge on any atom is -0.493 e. The van der Waals surface area contributed by atoms with E-state index < -0.39 is 0 Å². The fourth-order valence-corrected chi connectivity index (χ4v) is 2.42. The van der Waals surface area contributed by atoms with E-state index in [1.165, 1.54) is 0 Å². The summed E-state index contributed by atoms with van der Waals surface area (Å²) in [7, 11) is 2.03. The van der Waals surface area contributed by atoms with Crippen molar-refractivity contribution in [2.75, 3.05) is 33.4 Å². The number of carbonyl (C=O) groups is 1. The number of fused-ring (bicyclic) bond motifs is 1. The predicted molar refractivity (Wildman–Crippen MR) is 86.6 cm³/mol. The van der Waals surface area contributed by atoms with E-state index >= 15 is 0 Å². The molecule has 0 aromatic heterocycles. The van der Waals surface area contributed by atoms with Gasteiger partial charge in [0.05, 0.1) is 25.3 Å². The van der Waals surface area contributed by atoms with Crippen molar-refractivity contribution in [1.29, 1.82) is 0 Å². The molecule has 0 aliphatic carbocycles. The number of ether oxygens (including phenoxy) is 2. The van der Waals surface area contributed by atoms with Crippen LogP contribution >= 0.6 is 0 Å². The molecule has 4 nitrogen and oxygen atoms in total. The van der Waals surface area contributed by atoms with Gasteiger partial charge in [-0.05, 0) is 45.0 Å². The molecule has 118 valence electrons. The zero-order chi connectivity index (χ0) is 15.8. The predicted octanol–water partition coefficient (Wildman–Crippen LogP) is 2.77. The first-order chi connectivity index (χ1) is 10.7. The van der Waals surface area contributed by atoms with Crippen LogP contribution in [0.5, 0.6) is 11.5 Å². The fraction of sp³-hybridized carbons (Fsp3) is 0.500. The number of unbranched alkanes of at least 4 members (excludes halogenated alkanes) is 2. The Bertz CT molecular complexity index is 548. The number of nitrogens with zero attached hydrogens (tertiary/aromatic N) is 1. The van der Waals surface area contributed by atoms with Crippen molar-refractivity contribution >= 4 is 5.78 Å². The zero-order valence-electron chi connectivity index (χ0n) is 13.1. The van der Waals surface area contributed by atoms with E-state index in [1.54, 1.807) is 6.07 Å². The number of Topliss-reactive ketones (excluding diaryl/α,β-unsaturated/α-hetero) is 1. The Morgan fingerprint density at radius 3 is 3.05 bits per heavy atom. The normalized spacial score (nSPS) is 13.4. The van der Waals surface area contributed by atoms with Gasteiger partial charge in [0, 0.05) is 12.5 Å². The maximum Gasteiger partial charge on any atom is 0.169 e. The summed E-state index contributed by atoms with van der Waals surface area (Å²) in [6.45, 7) is 2.84. The van der Waals surface area contributed by atoms with E-state index in [0.29, 0.717) is 37.5 Å². The van der Waals surface area contributed by atoms with Crippen LogP contribution in [0.4, 0.5) is 0 Å². The zero-order valence-corrected chi connectivity index (χ0v) is 13.1. The van der Waals surface area contributed by atoms with E-state index in [4.69, 9.17) is 15.9 Å². The van der Waals surface area contributed by atoms with Gasteiger partial charge < -0.3 is 9.47 Å². The summed E-state index contributed by atoms with van der Waals surface area (Å²) >= 11 is 0. The highest BCUT2D eigenvalue weighted by atomic mass is 16.5. The van der Waals surface area contributed by atoms with Gasteiger partial charge in [-0.15, -0.1) is 6.42 Å². The highest BCUT2D eigenvalue weighted by molar-refractivity contribution is 5.99. The topological polar surface area (TPSA) is 38.8 Å². The second-order valence-electron chi connectivity index (χ2n) is 5.53. The highest BCUT2D eigenvalue weighted by Gasteiger charge is 2.18. The first kappa shape index (κ1) is 16.4. The van der Waals surface area contributed by atoms with Gasteiger partial charge in [0.2, 0.25) is 0 Å². The van der Waals surface area contributed by atoms with Crippen LogP contribution in [0.15, 0.2) is 18.2 Å². The van der Waals surface area contributed by atoms with Gasteiger partial charge in [-0.2, -0.15) is 0 Å². The minimum absolute atomic E-state index is 0.142. The maximum atomic E-state index is 11.7. The van der Waals surface area contributed by atoms with Crippen molar-refractivity contribution in [3.8, 4) is 23.8 Å². The molecule has 22 heavy (non-hydrogen) atoms. The van der Waals surface area contributed by atoms with Gasteiger partial charge in [0.1, 0.15) is 11.5 Å². The summed E-state index contributed by atoms with van der Waals surface area (Å²) in [6, 6.07) is 5.44. The molecule has 0 fully saturated rings. The summed E-state index contributed by atoms with van der Waals surface area (Å²) in [5.74, 6) is 4.18. The van der Waals surface area contributed by atoms with Crippen molar-refractivity contribution in [2.24, 2.45) is 0 Å². The molecule has 0 amide bonds. The van der Waals surface area contributed by atoms with Crippen LogP contribution in [0.3, 0.4) is 0 Å². The third-order valence-electron chi connectivity index (χ3n) is 3.65. The Hall–Kier alpha value is -1.99. The molecule has 4 heteroatoms. The van der Waals surface area contributed by atoms with Crippen molar-refractivity contribution in [1.82, 2.24) is 4.90 Å². The Balaban J connectivity index is 1.68. The first-order valence-electron chi connectivity index (χ1n) is 7.75. The van der Waals surface area contributed by atoms with Crippen LogP contribution in [0.25, 0.3) is 0 Å². The van der Waals surface area contributed by atoms with Crippen molar-refractivity contribution in [2.45, 2.75) is 25.7 Å². The number of carbonyl (C=O) groups excluding carboxylic acids is 1. The fourth-order valence-electron chi connectivity index (χ4n) is 2.42. The van der Waals surface area contributed by atoms with Crippen molar-refractivity contribution < 1.29 is 14.3 Å². The van der Waals surface area contributed by atoms with E-state index in [0.717, 1.165) is 31.6 Å². The van der Waals surface area contributed by atoms with E-state index in [2.05, 4.69) is 10.8 Å². The van der Waals surface area contributed by atoms with E-state index in [9.17, 15) is 4.79 Å². The van der Waals surface area contributed by atoms with Gasteiger partial charge in [-0.3, -0.25) is 9.69 Å². The number of hydrogen-bond acceptors (Lipinski definition) is 4. The smallest absolute Gasteiger partial charge is 0.169 e. The highest BCUT2D eigenvalue weighted by Crippen LogP contribution is 2.29. The molecule has 0 saturated carbocycles. The lowest BCUT2D eigenvalue weighted by molar-refractivity contribution is 0.0933. The number of ketones is 1. The monoisotopic (exact) mass is 301 g/mol. The third-order valence-corrected chi connectivity index (χ3v) is 3.65. The average molecular weight is 301 g/mol. The molecule has 0 radical (unpaired) electrons. The largest absolute Gasteiger partial charge is 0.493 e. The van der Waals surface area contributed by atoms with Crippen LogP contribution in [-0.4, -0.2) is 44.0 Å². The lowest BCUT2D eigenvalue weighted by atomic mass is 10.1. The summed E-state index contributed by atoms with van der Waals surface area (Å²) in [6.07, 6.45) is 8.94. The van der Waals surface area contributed by atoms with Crippen LogP contribution in [0.2, 0.25) is 0 Å². The molecule has 2 rings (SSSR count). The number of rotatable bonds is 8. The van der Waals surface area contributed by atoms with Crippen LogP contribution in [0.1, 0.15) is 36.0 Å². The van der Waals surface area contributed by atoms with Crippen LogP contribution < -0.4 is 9.47 Å². The second-order valence-corrected chi connectivity index (χ2v) is 5.53. The molecule has 1 aromatic rings. The summed E-state index contributed by atoms with van der Waals surface area (Å²) in [5.41, 5.74) is 0.662. The molecule has 1 aliphatic heterocycles. The standard InChI is InChI=1S/C18H23NO3/c1-3-10-19(2)11-5-4-6-12-21-15-7-8-16-17(20)9-13-22-18(16)14-15/h1,7-8,14H,4-6,9-13H2,2H3. The van der Waals surface area contributed by atoms with Gasteiger partial charge >= 0.3 is 0 Å². The second kappa shape index (κ2) is 8.45. The minimum atomic E-state index is 0.142. The van der Waals surface area contributed by atoms with Crippen molar-refractivity contribution in [3.63, 3.8) is 0 Å². The van der Waals surface area contributed by atoms with E-state index in [1.807, 2.05) is 19.2 Å². The lowest BCUT2D eigenvalue weighted by Gasteiger charge is -2.17. The lowest BCUT2D eigenvalue weighted by Crippen LogP contribution is -2.19. The van der Waals surface area contributed by atoms with E-state index in [-0.39, 0.29) is 5.78 Å². The summed E-state index contributed by atoms with van der Waals surface area (Å²) in [4.78, 5) is 13.8. The molecule has 1 aliphatic rings. The molecular weight excluding hydrogens is 278 g/mol. The number of terminal acetylenes is 1. The van der Waals surface area contributed by atoms with Gasteiger partial charge in [0.25, 0.3) is 0 Å². The molecule has 0 unspecified atom stereocenters. The summed E-state index contributed by atoms with van der Waals surface area (Å²) < 4.78 is 11.2. The SMILES string of the molecule is C#CCN(C)CCCCCOc1ccc2c(c1)OCCC2=O. The Kier molecular flexibility index (Phi) is 6.29. The molecule has 0 spiro atoms. The molecule has 0 saturated heterocycles. The molecule has 0 N–H and O–H groups in total. The van der Waals surface area contributed by atoms with Gasteiger partial charge in [-0.1, -0.05) is 5.92 Å². The third kappa shape index (κ3) is 4.78. The molecule has 1 heterocycles. The molecule has 1 aromatic carbocycles. The Morgan fingerprint density at radius 1 is 1.36 bits per heavy atom. The summed E-state index contributed by atoms with van der Waals surface area (Å²) in [5, 5.41) is 0. The van der Waals surface area contributed by atoms with Crippen molar-refractivity contribution in [3.05, 3.63) is 23.8 Å². The van der Waals surface area contributed by atoms with Crippen LogP contribution in [0, 0.1) is 12.3 Å². The van der Waals surface area contributed by atoms with Gasteiger partial charge in [-0.25, -0.2) is 0 Å². The molecule has 0 atom stereocenters. The average Bonchev–Trinajstić information content (AvgIpc) is 2.51.